The minimum atomic E-state index is -0.0118. The van der Waals surface area contributed by atoms with Crippen LogP contribution in [0.2, 0.25) is 0 Å². The second-order valence-corrected chi connectivity index (χ2v) is 29.8. The quantitative estimate of drug-likeness (QED) is 0.0285. The molecule has 0 saturated carbocycles. The van der Waals surface area contributed by atoms with Gasteiger partial charge in [-0.15, -0.1) is 0 Å². The first-order valence-electron chi connectivity index (χ1n) is 40.8. The van der Waals surface area contributed by atoms with Gasteiger partial charge in [-0.25, -0.2) is 9.69 Å². The van der Waals surface area contributed by atoms with E-state index in [0.29, 0.717) is 119 Å². The number of nitrogens with zero attached hydrogens (tertiary/aromatic N) is 10. The van der Waals surface area contributed by atoms with Gasteiger partial charge >= 0.3 is 0 Å². The summed E-state index contributed by atoms with van der Waals surface area (Å²) in [5, 5.41) is 40.4. The largest absolute Gasteiger partial charge is 0.505 e. The molecule has 12 aromatic rings. The molecule has 8 aromatic carbocycles. The van der Waals surface area contributed by atoms with Crippen molar-refractivity contribution in [3.05, 3.63) is 224 Å². The zero-order valence-electron chi connectivity index (χ0n) is 68.2. The van der Waals surface area contributed by atoms with Crippen LogP contribution in [0.5, 0.6) is 23.0 Å². The summed E-state index contributed by atoms with van der Waals surface area (Å²) in [5.74, 6) is 7.19. The van der Waals surface area contributed by atoms with Crippen LogP contribution in [0, 0.1) is 27.0 Å². The van der Waals surface area contributed by atoms with Crippen molar-refractivity contribution in [3.8, 4) is 114 Å². The Balaban J connectivity index is 0.000000135. The normalized spacial score (nSPS) is 15.4. The third-order valence-electron chi connectivity index (χ3n) is 21.0. The molecule has 4 unspecified atom stereocenters. The number of benzene rings is 8. The van der Waals surface area contributed by atoms with E-state index < -0.39 is 0 Å². The number of hydrogen-bond acceptors (Lipinski definition) is 21. The van der Waals surface area contributed by atoms with Crippen molar-refractivity contribution in [2.45, 2.75) is 183 Å². The molecular weight excluding hydrogens is 1460 g/mol. The van der Waals surface area contributed by atoms with E-state index in [4.69, 9.17) is 65.3 Å². The maximum atomic E-state index is 9.09. The first-order chi connectivity index (χ1) is 56.6. The molecule has 4 aromatic heterocycles. The molecule has 4 aliphatic carbocycles. The molecular formula is C93H104N14O9. The van der Waals surface area contributed by atoms with Gasteiger partial charge in [-0.05, 0) is 274 Å². The van der Waals surface area contributed by atoms with Crippen molar-refractivity contribution in [2.24, 2.45) is 0 Å². The van der Waals surface area contributed by atoms with Crippen LogP contribution < -0.4 is 40.2 Å². The molecule has 4 aliphatic rings. The second-order valence-electron chi connectivity index (χ2n) is 29.8. The highest BCUT2D eigenvalue weighted by Crippen LogP contribution is 2.44. The van der Waals surface area contributed by atoms with Crippen LogP contribution in [0.4, 0.5) is 11.4 Å². The fourth-order valence-corrected chi connectivity index (χ4v) is 15.7. The summed E-state index contributed by atoms with van der Waals surface area (Å²) < 4.78 is 44.9. The molecule has 4 heterocycles. The molecule has 0 amide bonds. The van der Waals surface area contributed by atoms with Crippen molar-refractivity contribution < 1.29 is 42.1 Å². The average Bonchev–Trinajstić information content (AvgIpc) is 1.65. The molecule has 0 fully saturated rings. The lowest BCUT2D eigenvalue weighted by Gasteiger charge is -2.13. The van der Waals surface area contributed by atoms with E-state index >= 15 is 0 Å². The lowest BCUT2D eigenvalue weighted by molar-refractivity contribution is 0.241. The van der Waals surface area contributed by atoms with Crippen LogP contribution in [-0.4, -0.2) is 104 Å². The zero-order chi connectivity index (χ0) is 81.2. The summed E-state index contributed by atoms with van der Waals surface area (Å²) in [6, 6.07) is 49.3. The number of ether oxygens (including phenoxy) is 4. The van der Waals surface area contributed by atoms with E-state index in [0.717, 1.165) is 146 Å². The van der Waals surface area contributed by atoms with Gasteiger partial charge in [-0.1, -0.05) is 114 Å². The smallest absolute Gasteiger partial charge is 0.258 e. The number of rotatable bonds is 28. The van der Waals surface area contributed by atoms with E-state index in [1.54, 1.807) is 24.3 Å². The van der Waals surface area contributed by atoms with Crippen LogP contribution in [-0.2, 0) is 25.7 Å². The molecule has 23 heteroatoms. The predicted octanol–water partition coefficient (Wildman–Crippen LogP) is 20.2. The standard InChI is InChI=1S/C24H29N3O2.C23H24N4O3.C23H24N4O2.C23H27N3O2/c1-5-13-25-21-11-10-18-19(21)7-6-8-20(18)23-26-24(29-27-23)17-9-12-22(16(4)14-17)28-15(2)3;1-14(2)29-21-10-7-15(13-20(21)24-3)23-26-22(27-30-23)18-6-4-5-17-16(18)8-9-19(17)25-11-12-28;1-4-13-25-19-11-10-16-17(19)7-6-8-18(16)22-26-23(29-27-22)15-9-12-21(28-5-2)20(14-15)24-3;1-4-13-24-20-11-10-17-18(20)7-6-8-19(17)22-25-23(28-26-22)16-9-12-21(27-5-2)15(3)14-16/h6-9,12,14-15,21,25H,5,10-11,13H2,1-4H3;4-7,10,13-14,19,25,28H,8-9,11-12H2,1-2H3;6-9,12,14,19,25H,4-5,10-11,13H2,1-2H3;6-9,12,14,20,24H,4-5,10-11,13H2,1-3H3. The second kappa shape index (κ2) is 39.1. The van der Waals surface area contributed by atoms with E-state index in [1.807, 2.05) is 116 Å². The van der Waals surface area contributed by atoms with Crippen molar-refractivity contribution >= 4 is 11.4 Å². The summed E-state index contributed by atoms with van der Waals surface area (Å²) >= 11 is 0. The third kappa shape index (κ3) is 19.1. The maximum Gasteiger partial charge on any atom is 0.258 e. The van der Waals surface area contributed by atoms with Crippen LogP contribution >= 0.6 is 0 Å². The topological polar surface area (TPSA) is 270 Å². The average molecular weight is 1560 g/mol. The Bertz CT molecular complexity index is 5420. The van der Waals surface area contributed by atoms with E-state index in [1.165, 1.54) is 44.5 Å². The number of aromatic nitrogens is 8. The SMILES string of the molecule is CCCNC1CCc2c(-c3noc(-c4ccc(OC(C)C)c(C)c4)n3)cccc21.CCCNC1CCc2c(-c3noc(-c4ccc(OCC)c(C)c4)n3)cccc21.[C-]#[N+]c1cc(-c2nc(-c3cccc4c3CCC4NCCC)no2)ccc1OCC.[C-]#[N+]c1cc(-c2nc(-c3cccc4c3CCC4NCCO)no2)ccc1OC(C)C. The third-order valence-corrected chi connectivity index (χ3v) is 21.0. The lowest BCUT2D eigenvalue weighted by atomic mass is 10.0. The van der Waals surface area contributed by atoms with Gasteiger partial charge in [0.25, 0.3) is 23.6 Å². The molecule has 0 radical (unpaired) electrons. The first-order valence-corrected chi connectivity index (χ1v) is 40.8. The van der Waals surface area contributed by atoms with Gasteiger partial charge in [0.05, 0.1) is 45.2 Å². The Kier molecular flexibility index (Phi) is 27.7. The van der Waals surface area contributed by atoms with Gasteiger partial charge in [-0.3, -0.25) is 0 Å². The number of hydrogen-bond donors (Lipinski definition) is 5. The van der Waals surface area contributed by atoms with Gasteiger partial charge < -0.3 is 63.4 Å². The Hall–Kier alpha value is -11.7. The summed E-state index contributed by atoms with van der Waals surface area (Å²) in [7, 11) is 0. The molecule has 0 saturated heterocycles. The Labute approximate surface area is 679 Å². The number of aliphatic hydroxyl groups is 1. The maximum absolute atomic E-state index is 9.09. The highest BCUT2D eigenvalue weighted by Gasteiger charge is 2.31. The monoisotopic (exact) mass is 1560 g/mol. The molecule has 23 nitrogen and oxygen atoms in total. The molecule has 0 spiro atoms. The van der Waals surface area contributed by atoms with Crippen molar-refractivity contribution in [1.29, 1.82) is 0 Å². The van der Waals surface area contributed by atoms with Gasteiger partial charge in [0.2, 0.25) is 34.7 Å². The zero-order valence-corrected chi connectivity index (χ0v) is 68.2. The summed E-state index contributed by atoms with van der Waals surface area (Å²) in [5.41, 5.74) is 20.8. The fourth-order valence-electron chi connectivity index (χ4n) is 15.7. The van der Waals surface area contributed by atoms with Crippen molar-refractivity contribution in [3.63, 3.8) is 0 Å². The van der Waals surface area contributed by atoms with Gasteiger partial charge in [0.15, 0.2) is 0 Å². The molecule has 16 rings (SSSR count). The van der Waals surface area contributed by atoms with Crippen LogP contribution in [0.1, 0.15) is 187 Å². The minimum Gasteiger partial charge on any atom is -0.505 e. The van der Waals surface area contributed by atoms with Crippen LogP contribution in [0.25, 0.3) is 101 Å². The number of nitrogens with one attached hydrogen (secondary N) is 4. The van der Waals surface area contributed by atoms with E-state index in [9.17, 15) is 0 Å². The van der Waals surface area contributed by atoms with Crippen LogP contribution in [0.3, 0.4) is 0 Å². The summed E-state index contributed by atoms with van der Waals surface area (Å²) in [6.07, 6.45) is 11.8. The first kappa shape index (κ1) is 82.3. The molecule has 4 atom stereocenters. The van der Waals surface area contributed by atoms with Crippen LogP contribution in [0.15, 0.2) is 164 Å². The Morgan fingerprint density at radius 1 is 0.397 bits per heavy atom. The number of aliphatic hydroxyl groups excluding tert-OH is 1. The molecule has 0 bridgehead atoms. The van der Waals surface area contributed by atoms with Crippen molar-refractivity contribution in [2.75, 3.05) is 46.0 Å². The van der Waals surface area contributed by atoms with E-state index in [2.05, 4.69) is 143 Å². The number of aryl methyl sites for hydroxylation is 2. The van der Waals surface area contributed by atoms with Gasteiger partial charge in [0, 0.05) is 75.2 Å². The molecule has 5 N–H and O–H groups in total. The Morgan fingerprint density at radius 2 is 0.698 bits per heavy atom. The van der Waals surface area contributed by atoms with Gasteiger partial charge in [-0.2, -0.15) is 19.9 Å². The highest BCUT2D eigenvalue weighted by molar-refractivity contribution is 5.74. The van der Waals surface area contributed by atoms with Crippen molar-refractivity contribution in [1.82, 2.24) is 61.8 Å². The van der Waals surface area contributed by atoms with E-state index in [-0.39, 0.29) is 24.9 Å². The molecule has 600 valence electrons. The summed E-state index contributed by atoms with van der Waals surface area (Å²) in [6.45, 7) is 42.2. The summed E-state index contributed by atoms with van der Waals surface area (Å²) in [4.78, 5) is 25.7. The molecule has 0 aliphatic heterocycles. The Morgan fingerprint density at radius 3 is 1.02 bits per heavy atom. The highest BCUT2D eigenvalue weighted by atomic mass is 16.5. The van der Waals surface area contributed by atoms with Gasteiger partial charge in [0.1, 0.15) is 23.0 Å². The fraction of sp³-hybridized carbons (Fsp3) is 0.376. The lowest BCUT2D eigenvalue weighted by Crippen LogP contribution is -2.22. The predicted molar refractivity (Wildman–Crippen MR) is 451 cm³/mol. The minimum absolute atomic E-state index is 0.0118. The number of fused-ring (bicyclic) bond motifs is 4. The molecule has 116 heavy (non-hydrogen) atoms.